The van der Waals surface area contributed by atoms with Crippen molar-refractivity contribution >= 4 is 49.4 Å². The van der Waals surface area contributed by atoms with Crippen molar-refractivity contribution in [3.63, 3.8) is 0 Å². The van der Waals surface area contributed by atoms with Gasteiger partial charge in [-0.05, 0) is 36.5 Å². The maximum atomic E-state index is 13.4. The Morgan fingerprint density at radius 3 is 2.48 bits per heavy atom. The van der Waals surface area contributed by atoms with Crippen molar-refractivity contribution in [3.05, 3.63) is 63.8 Å². The smallest absolute Gasteiger partial charge is 0.281 e. The van der Waals surface area contributed by atoms with Crippen LogP contribution in [0.25, 0.3) is 16.3 Å². The van der Waals surface area contributed by atoms with Gasteiger partial charge in [0.2, 0.25) is 0 Å². The minimum absolute atomic E-state index is 0.0289. The van der Waals surface area contributed by atoms with Gasteiger partial charge in [-0.15, -0.1) is 0 Å². The Kier molecular flexibility index (Phi) is 5.90. The molecule has 0 bridgehead atoms. The van der Waals surface area contributed by atoms with Gasteiger partial charge in [0.05, 0.1) is 30.5 Å². The highest BCUT2D eigenvalue weighted by molar-refractivity contribution is 7.80. The fourth-order valence-electron chi connectivity index (χ4n) is 3.08. The Morgan fingerprint density at radius 1 is 1.06 bits per heavy atom. The monoisotopic (exact) mass is 479 g/mol. The molecule has 0 amide bonds. The lowest BCUT2D eigenvalue weighted by molar-refractivity contribution is 0.393. The summed E-state index contributed by atoms with van der Waals surface area (Å²) in [6, 6.07) is 8.12. The summed E-state index contributed by atoms with van der Waals surface area (Å²) in [5, 5.41) is 7.46. The second-order valence-electron chi connectivity index (χ2n) is 6.30. The second kappa shape index (κ2) is 8.61. The van der Waals surface area contributed by atoms with Crippen molar-refractivity contribution in [2.24, 2.45) is 0 Å². The SMILES string of the molecule is COc1ccc(-n2c3cssc-3c(NC(=S)Nc3cc(F)cc(F)c3)c2=O)c(OC)c1. The summed E-state index contributed by atoms with van der Waals surface area (Å²) in [6.45, 7) is 0. The van der Waals surface area contributed by atoms with E-state index in [0.29, 0.717) is 27.8 Å². The van der Waals surface area contributed by atoms with E-state index in [2.05, 4.69) is 10.6 Å². The molecule has 6 nitrogen and oxygen atoms in total. The molecule has 2 aliphatic rings. The number of nitrogens with zero attached hydrogens (tertiary/aromatic N) is 1. The van der Waals surface area contributed by atoms with Crippen molar-refractivity contribution in [2.45, 2.75) is 0 Å². The number of fused-ring (bicyclic) bond motifs is 1. The van der Waals surface area contributed by atoms with E-state index in [1.54, 1.807) is 25.3 Å². The molecule has 0 saturated heterocycles. The number of benzene rings is 2. The molecule has 0 saturated carbocycles. The van der Waals surface area contributed by atoms with Crippen LogP contribution in [-0.4, -0.2) is 23.9 Å². The lowest BCUT2D eigenvalue weighted by atomic mass is 10.2. The molecule has 0 atom stereocenters. The minimum Gasteiger partial charge on any atom is -0.497 e. The number of hydrogen-bond acceptors (Lipinski definition) is 6. The molecule has 31 heavy (non-hydrogen) atoms. The van der Waals surface area contributed by atoms with E-state index in [-0.39, 0.29) is 22.0 Å². The molecule has 11 heteroatoms. The van der Waals surface area contributed by atoms with Gasteiger partial charge in [0.25, 0.3) is 5.56 Å². The summed E-state index contributed by atoms with van der Waals surface area (Å²) in [5.74, 6) is -0.423. The Balaban J connectivity index is 1.71. The molecular weight excluding hydrogens is 464 g/mol. The zero-order valence-corrected chi connectivity index (χ0v) is 18.6. The average Bonchev–Trinajstić information content (AvgIpc) is 3.29. The summed E-state index contributed by atoms with van der Waals surface area (Å²) in [5.41, 5.74) is 1.28. The van der Waals surface area contributed by atoms with E-state index in [9.17, 15) is 13.6 Å². The molecule has 2 aliphatic heterocycles. The molecule has 2 aromatic carbocycles. The predicted molar refractivity (Wildman–Crippen MR) is 124 cm³/mol. The van der Waals surface area contributed by atoms with Gasteiger partial charge in [0.15, 0.2) is 5.11 Å². The van der Waals surface area contributed by atoms with Gasteiger partial charge in [0.1, 0.15) is 28.8 Å². The van der Waals surface area contributed by atoms with E-state index in [1.807, 2.05) is 5.38 Å². The standard InChI is InChI=1S/C20H15F2N3O3S3/c1-27-13-3-4-14(16(8-13)28-2)25-15-9-30-31-18(15)17(19(25)26)24-20(29)23-12-6-10(21)5-11(22)7-12/h3-9H,1-2H3,(H2,23,24,29). The minimum atomic E-state index is -0.741. The maximum Gasteiger partial charge on any atom is 0.281 e. The average molecular weight is 480 g/mol. The fraction of sp³-hybridized carbons (Fsp3) is 0.100. The molecule has 2 N–H and O–H groups in total. The molecule has 2 heterocycles. The quantitative estimate of drug-likeness (QED) is 0.304. The number of ether oxygens (including phenoxy) is 2. The van der Waals surface area contributed by atoms with E-state index >= 15 is 0 Å². The van der Waals surface area contributed by atoms with Crippen molar-refractivity contribution in [1.29, 1.82) is 0 Å². The van der Waals surface area contributed by atoms with Crippen LogP contribution in [0.15, 0.2) is 46.6 Å². The number of aromatic nitrogens is 1. The zero-order valence-electron chi connectivity index (χ0n) is 16.2. The summed E-state index contributed by atoms with van der Waals surface area (Å²) in [6.07, 6.45) is 0. The largest absolute Gasteiger partial charge is 0.497 e. The number of halogens is 2. The number of thiocarbonyl (C=S) groups is 1. The molecule has 0 radical (unpaired) electrons. The van der Waals surface area contributed by atoms with Crippen LogP contribution in [0.4, 0.5) is 20.2 Å². The van der Waals surface area contributed by atoms with Crippen molar-refractivity contribution in [3.8, 4) is 27.8 Å². The number of rotatable bonds is 5. The van der Waals surface area contributed by atoms with Crippen molar-refractivity contribution < 1.29 is 18.3 Å². The van der Waals surface area contributed by atoms with Crippen LogP contribution in [0.1, 0.15) is 0 Å². The summed E-state index contributed by atoms with van der Waals surface area (Å²) in [7, 11) is 5.92. The first-order valence-electron chi connectivity index (χ1n) is 8.80. The first kappa shape index (κ1) is 21.2. The highest BCUT2D eigenvalue weighted by Crippen LogP contribution is 2.40. The molecule has 0 aliphatic carbocycles. The highest BCUT2D eigenvalue weighted by atomic mass is 32.9. The molecule has 160 valence electrons. The third-order valence-corrected chi connectivity index (χ3v) is 6.67. The number of hydrogen-bond donors (Lipinski definition) is 2. The van der Waals surface area contributed by atoms with Gasteiger partial charge in [-0.3, -0.25) is 9.36 Å². The van der Waals surface area contributed by atoms with Gasteiger partial charge >= 0.3 is 0 Å². The Hall–Kier alpha value is -3.02. The summed E-state index contributed by atoms with van der Waals surface area (Å²) in [4.78, 5) is 14.0. The fourth-order valence-corrected chi connectivity index (χ4v) is 5.50. The van der Waals surface area contributed by atoms with E-state index < -0.39 is 11.6 Å². The normalized spacial score (nSPS) is 10.8. The first-order chi connectivity index (χ1) is 14.9. The second-order valence-corrected chi connectivity index (χ2v) is 8.79. The van der Waals surface area contributed by atoms with E-state index in [1.165, 1.54) is 32.4 Å². The summed E-state index contributed by atoms with van der Waals surface area (Å²) < 4.78 is 39.1. The third-order valence-electron chi connectivity index (χ3n) is 4.40. The summed E-state index contributed by atoms with van der Waals surface area (Å²) >= 11 is 5.26. The van der Waals surface area contributed by atoms with Gasteiger partial charge in [-0.1, -0.05) is 20.7 Å². The van der Waals surface area contributed by atoms with Crippen LogP contribution < -0.4 is 25.7 Å². The Morgan fingerprint density at radius 2 is 1.81 bits per heavy atom. The molecule has 0 spiro atoms. The lowest BCUT2D eigenvalue weighted by Crippen LogP contribution is -2.24. The maximum absolute atomic E-state index is 13.4. The van der Waals surface area contributed by atoms with Gasteiger partial charge in [-0.2, -0.15) is 0 Å². The highest BCUT2D eigenvalue weighted by Gasteiger charge is 2.26. The topological polar surface area (TPSA) is 64.5 Å². The van der Waals surface area contributed by atoms with Gasteiger partial charge in [0, 0.05) is 23.2 Å². The Labute approximate surface area is 188 Å². The Bertz CT molecular complexity index is 1280. The molecule has 0 aromatic heterocycles. The molecule has 0 unspecified atom stereocenters. The number of nitrogens with one attached hydrogen (secondary N) is 2. The molecular formula is C20H15F2N3O3S3. The third kappa shape index (κ3) is 4.11. The van der Waals surface area contributed by atoms with Crippen molar-refractivity contribution in [2.75, 3.05) is 24.9 Å². The number of anilines is 2. The van der Waals surface area contributed by atoms with Crippen molar-refractivity contribution in [1.82, 2.24) is 4.57 Å². The van der Waals surface area contributed by atoms with Crippen LogP contribution in [0, 0.1) is 11.6 Å². The van der Waals surface area contributed by atoms with Crippen LogP contribution in [0.5, 0.6) is 11.5 Å². The zero-order chi connectivity index (χ0) is 22.1. The predicted octanol–water partition coefficient (Wildman–Crippen LogP) is 5.17. The molecule has 4 rings (SSSR count). The van der Waals surface area contributed by atoms with Crippen LogP contribution in [0.2, 0.25) is 0 Å². The van der Waals surface area contributed by atoms with Crippen LogP contribution >= 0.6 is 32.9 Å². The van der Waals surface area contributed by atoms with E-state index in [0.717, 1.165) is 18.2 Å². The van der Waals surface area contributed by atoms with Gasteiger partial charge in [-0.25, -0.2) is 8.78 Å². The molecule has 2 aromatic rings. The van der Waals surface area contributed by atoms with E-state index in [4.69, 9.17) is 21.7 Å². The van der Waals surface area contributed by atoms with Gasteiger partial charge < -0.3 is 20.1 Å². The van der Waals surface area contributed by atoms with Crippen LogP contribution in [0.3, 0.4) is 0 Å². The lowest BCUT2D eigenvalue weighted by Gasteiger charge is -2.11. The number of methoxy groups -OCH3 is 2. The molecule has 0 fully saturated rings. The first-order valence-corrected chi connectivity index (χ1v) is 11.4. The van der Waals surface area contributed by atoms with Crippen LogP contribution in [-0.2, 0) is 0 Å².